The van der Waals surface area contributed by atoms with E-state index in [1.165, 1.54) is 18.2 Å². The molecule has 118 valence electrons. The Morgan fingerprint density at radius 2 is 1.95 bits per heavy atom. The van der Waals surface area contributed by atoms with Crippen molar-refractivity contribution in [2.75, 3.05) is 11.9 Å². The molecule has 21 heavy (non-hydrogen) atoms. The van der Waals surface area contributed by atoms with Gasteiger partial charge < -0.3 is 11.1 Å². The van der Waals surface area contributed by atoms with Crippen molar-refractivity contribution >= 4 is 21.4 Å². The number of carbonyl (C=O) groups is 1. The lowest BCUT2D eigenvalue weighted by Crippen LogP contribution is -2.23. The molecule has 0 radical (unpaired) electrons. The molecule has 0 aliphatic heterocycles. The van der Waals surface area contributed by atoms with Crippen LogP contribution in [0.15, 0.2) is 29.2 Å². The summed E-state index contributed by atoms with van der Waals surface area (Å²) in [5.41, 5.74) is 5.34. The molecule has 0 aliphatic rings. The lowest BCUT2D eigenvalue weighted by atomic mass is 10.0. The molecule has 0 heterocycles. The van der Waals surface area contributed by atoms with Crippen molar-refractivity contribution in [3.63, 3.8) is 0 Å². The Balaban J connectivity index is 2.98. The number of nitrogens with one attached hydrogen (secondary N) is 1. The fraction of sp³-hybridized carbons (Fsp3) is 0.462. The second-order valence-corrected chi connectivity index (χ2v) is 6.45. The van der Waals surface area contributed by atoms with Crippen molar-refractivity contribution in [3.05, 3.63) is 24.3 Å². The summed E-state index contributed by atoms with van der Waals surface area (Å²) in [6.07, 6.45) is 0.803. The standard InChI is InChI=1S/C13H18F2N2O3S/c1-2-9(8-16)7-12(18)17-10-5-3-4-6-11(10)21(19,20)13(14)15/h3-6,9,13H,2,7-8,16H2,1H3,(H,17,18). The van der Waals surface area contributed by atoms with Gasteiger partial charge in [0.15, 0.2) is 0 Å². The number of sulfone groups is 1. The number of rotatable bonds is 7. The highest BCUT2D eigenvalue weighted by Gasteiger charge is 2.29. The van der Waals surface area contributed by atoms with Crippen LogP contribution >= 0.6 is 0 Å². The number of hydrogen-bond acceptors (Lipinski definition) is 4. The van der Waals surface area contributed by atoms with Gasteiger partial charge >= 0.3 is 5.76 Å². The van der Waals surface area contributed by atoms with Crippen molar-refractivity contribution in [1.82, 2.24) is 0 Å². The number of amides is 1. The summed E-state index contributed by atoms with van der Waals surface area (Å²) >= 11 is 0. The first-order valence-electron chi connectivity index (χ1n) is 6.43. The van der Waals surface area contributed by atoms with E-state index in [1.807, 2.05) is 6.92 Å². The first kappa shape index (κ1) is 17.5. The van der Waals surface area contributed by atoms with Crippen LogP contribution in [0.2, 0.25) is 0 Å². The molecule has 0 bridgehead atoms. The third-order valence-electron chi connectivity index (χ3n) is 3.09. The van der Waals surface area contributed by atoms with Crippen LogP contribution < -0.4 is 11.1 Å². The Bertz CT molecular complexity index is 587. The molecule has 1 unspecified atom stereocenters. The Kier molecular flexibility index (Phi) is 6.22. The van der Waals surface area contributed by atoms with Gasteiger partial charge in [-0.3, -0.25) is 4.79 Å². The maximum Gasteiger partial charge on any atom is 0.341 e. The molecule has 1 aromatic rings. The van der Waals surface area contributed by atoms with Crippen molar-refractivity contribution < 1.29 is 22.0 Å². The van der Waals surface area contributed by atoms with Crippen LogP contribution in [0.4, 0.5) is 14.5 Å². The van der Waals surface area contributed by atoms with Gasteiger partial charge in [-0.25, -0.2) is 8.42 Å². The van der Waals surface area contributed by atoms with E-state index in [1.54, 1.807) is 0 Å². The topological polar surface area (TPSA) is 89.3 Å². The number of anilines is 1. The number of alkyl halides is 2. The zero-order valence-corrected chi connectivity index (χ0v) is 12.4. The fourth-order valence-electron chi connectivity index (χ4n) is 1.77. The largest absolute Gasteiger partial charge is 0.341 e. The molecule has 1 aromatic carbocycles. The summed E-state index contributed by atoms with van der Waals surface area (Å²) in [6, 6.07) is 5.09. The molecule has 0 aromatic heterocycles. The second-order valence-electron chi connectivity index (χ2n) is 4.56. The van der Waals surface area contributed by atoms with Gasteiger partial charge in [0.25, 0.3) is 0 Å². The fourth-order valence-corrected chi connectivity index (χ4v) is 2.66. The number of benzene rings is 1. The third-order valence-corrected chi connectivity index (χ3v) is 4.53. The van der Waals surface area contributed by atoms with E-state index in [0.717, 1.165) is 6.07 Å². The number of carbonyl (C=O) groups excluding carboxylic acids is 1. The smallest absolute Gasteiger partial charge is 0.330 e. The minimum absolute atomic E-state index is 0.0381. The van der Waals surface area contributed by atoms with E-state index in [4.69, 9.17) is 5.73 Å². The molecular formula is C13H18F2N2O3S. The van der Waals surface area contributed by atoms with Gasteiger partial charge in [-0.05, 0) is 24.6 Å². The zero-order valence-electron chi connectivity index (χ0n) is 11.6. The van der Waals surface area contributed by atoms with Crippen LogP contribution in [-0.2, 0) is 14.6 Å². The Morgan fingerprint density at radius 3 is 2.48 bits per heavy atom. The van der Waals surface area contributed by atoms with Crippen molar-refractivity contribution in [3.8, 4) is 0 Å². The predicted octanol–water partition coefficient (Wildman–Crippen LogP) is 2.00. The monoisotopic (exact) mass is 320 g/mol. The molecular weight excluding hydrogens is 302 g/mol. The van der Waals surface area contributed by atoms with Gasteiger partial charge in [0.1, 0.15) is 0 Å². The molecule has 1 atom stereocenters. The van der Waals surface area contributed by atoms with E-state index in [2.05, 4.69) is 5.32 Å². The first-order valence-corrected chi connectivity index (χ1v) is 7.98. The Morgan fingerprint density at radius 1 is 1.33 bits per heavy atom. The van der Waals surface area contributed by atoms with Gasteiger partial charge in [-0.1, -0.05) is 25.5 Å². The number of para-hydroxylation sites is 1. The van der Waals surface area contributed by atoms with Crippen LogP contribution in [0, 0.1) is 5.92 Å². The molecule has 0 spiro atoms. The summed E-state index contributed by atoms with van der Waals surface area (Å²) in [5.74, 6) is -4.03. The molecule has 1 amide bonds. The molecule has 5 nitrogen and oxygen atoms in total. The van der Waals surface area contributed by atoms with Gasteiger partial charge in [-0.2, -0.15) is 8.78 Å². The summed E-state index contributed by atoms with van der Waals surface area (Å²) in [7, 11) is -4.77. The SMILES string of the molecule is CCC(CN)CC(=O)Nc1ccccc1S(=O)(=O)C(F)F. The summed E-state index contributed by atoms with van der Waals surface area (Å²) < 4.78 is 48.3. The van der Waals surface area contributed by atoms with Crippen molar-refractivity contribution in [1.29, 1.82) is 0 Å². The van der Waals surface area contributed by atoms with E-state index in [0.29, 0.717) is 13.0 Å². The van der Waals surface area contributed by atoms with Crippen molar-refractivity contribution in [2.24, 2.45) is 11.7 Å². The molecule has 0 saturated carbocycles. The van der Waals surface area contributed by atoms with Crippen LogP contribution in [-0.4, -0.2) is 26.6 Å². The predicted molar refractivity (Wildman–Crippen MR) is 75.7 cm³/mol. The minimum atomic E-state index is -4.77. The molecule has 1 rings (SSSR count). The molecule has 0 saturated heterocycles. The van der Waals surface area contributed by atoms with E-state index in [9.17, 15) is 22.0 Å². The normalized spacial score (nSPS) is 13.2. The van der Waals surface area contributed by atoms with Crippen LogP contribution in [0.3, 0.4) is 0 Å². The minimum Gasteiger partial charge on any atom is -0.330 e. The average Bonchev–Trinajstić information content (AvgIpc) is 2.44. The lowest BCUT2D eigenvalue weighted by molar-refractivity contribution is -0.117. The summed E-state index contributed by atoms with van der Waals surface area (Å²) in [4.78, 5) is 11.3. The molecule has 8 heteroatoms. The maximum absolute atomic E-state index is 12.6. The van der Waals surface area contributed by atoms with Crippen LogP contribution in [0.1, 0.15) is 19.8 Å². The van der Waals surface area contributed by atoms with Gasteiger partial charge in [0, 0.05) is 6.42 Å². The summed E-state index contributed by atoms with van der Waals surface area (Å²) in [5, 5.41) is 2.36. The number of nitrogens with two attached hydrogens (primary N) is 1. The van der Waals surface area contributed by atoms with Gasteiger partial charge in [0.2, 0.25) is 15.7 Å². The highest BCUT2D eigenvalue weighted by Crippen LogP contribution is 2.26. The van der Waals surface area contributed by atoms with Crippen molar-refractivity contribution in [2.45, 2.75) is 30.4 Å². The van der Waals surface area contributed by atoms with E-state index in [-0.39, 0.29) is 18.0 Å². The van der Waals surface area contributed by atoms with E-state index < -0.39 is 26.4 Å². The second kappa shape index (κ2) is 7.46. The number of halogens is 2. The third kappa shape index (κ3) is 4.47. The average molecular weight is 320 g/mol. The first-order chi connectivity index (χ1) is 9.82. The van der Waals surface area contributed by atoms with Gasteiger partial charge in [0.05, 0.1) is 10.6 Å². The van der Waals surface area contributed by atoms with Gasteiger partial charge in [-0.15, -0.1) is 0 Å². The number of hydrogen-bond donors (Lipinski definition) is 2. The van der Waals surface area contributed by atoms with E-state index >= 15 is 0 Å². The maximum atomic E-state index is 12.6. The molecule has 0 aliphatic carbocycles. The summed E-state index contributed by atoms with van der Waals surface area (Å²) in [6.45, 7) is 2.20. The van der Waals surface area contributed by atoms with Crippen LogP contribution in [0.25, 0.3) is 0 Å². The highest BCUT2D eigenvalue weighted by atomic mass is 32.2. The van der Waals surface area contributed by atoms with Crippen LogP contribution in [0.5, 0.6) is 0 Å². The Hall–Kier alpha value is -1.54. The Labute approximate surface area is 122 Å². The zero-order chi connectivity index (χ0) is 16.0. The molecule has 3 N–H and O–H groups in total. The molecule has 0 fully saturated rings. The quantitative estimate of drug-likeness (QED) is 0.804. The lowest BCUT2D eigenvalue weighted by Gasteiger charge is -2.14. The highest BCUT2D eigenvalue weighted by molar-refractivity contribution is 7.91.